The van der Waals surface area contributed by atoms with Crippen LogP contribution < -0.4 is 10.6 Å². The summed E-state index contributed by atoms with van der Waals surface area (Å²) < 4.78 is 1.92. The van der Waals surface area contributed by atoms with Crippen LogP contribution in [0.25, 0.3) is 0 Å². The zero-order valence-corrected chi connectivity index (χ0v) is 22.7. The molecule has 0 aliphatic carbocycles. The lowest BCUT2D eigenvalue weighted by Crippen LogP contribution is -2.34. The molecule has 7 nitrogen and oxygen atoms in total. The van der Waals surface area contributed by atoms with Gasteiger partial charge in [0.2, 0.25) is 5.91 Å². The van der Waals surface area contributed by atoms with Crippen LogP contribution in [0.1, 0.15) is 54.1 Å². The average Bonchev–Trinajstić information content (AvgIpc) is 3.20. The van der Waals surface area contributed by atoms with Crippen molar-refractivity contribution in [3.05, 3.63) is 69.0 Å². The summed E-state index contributed by atoms with van der Waals surface area (Å²) in [5.74, 6) is 0.391. The number of aromatic nitrogens is 3. The Morgan fingerprint density at radius 3 is 2.43 bits per heavy atom. The number of benzene rings is 2. The van der Waals surface area contributed by atoms with E-state index in [-0.39, 0.29) is 28.5 Å². The highest BCUT2D eigenvalue weighted by Crippen LogP contribution is 2.27. The first-order chi connectivity index (χ1) is 16.6. The van der Waals surface area contributed by atoms with Gasteiger partial charge in [0.25, 0.3) is 5.91 Å². The summed E-state index contributed by atoms with van der Waals surface area (Å²) in [5, 5.41) is 16.0. The molecule has 10 heteroatoms. The van der Waals surface area contributed by atoms with Crippen molar-refractivity contribution in [3.8, 4) is 0 Å². The van der Waals surface area contributed by atoms with E-state index in [1.807, 2.05) is 57.4 Å². The van der Waals surface area contributed by atoms with Gasteiger partial charge < -0.3 is 15.2 Å². The number of anilines is 1. The number of carbonyl (C=O) groups excluding carboxylic acids is 2. The number of rotatable bonds is 9. The molecule has 0 aliphatic heterocycles. The third-order valence-corrected chi connectivity index (χ3v) is 7.11. The van der Waals surface area contributed by atoms with E-state index in [1.54, 1.807) is 12.1 Å². The van der Waals surface area contributed by atoms with E-state index in [4.69, 9.17) is 23.2 Å². The molecule has 1 atom stereocenters. The van der Waals surface area contributed by atoms with Crippen LogP contribution in [0.15, 0.2) is 41.6 Å². The summed E-state index contributed by atoms with van der Waals surface area (Å²) >= 11 is 13.5. The number of aryl methyl sites for hydroxylation is 2. The molecule has 1 aromatic heterocycles. The zero-order chi connectivity index (χ0) is 25.7. The fourth-order valence-corrected chi connectivity index (χ4v) is 4.81. The second-order valence-electron chi connectivity index (χ2n) is 8.54. The molecule has 186 valence electrons. The first-order valence-corrected chi connectivity index (χ1v) is 13.0. The molecule has 2 amide bonds. The van der Waals surface area contributed by atoms with Crippen molar-refractivity contribution in [2.45, 2.75) is 52.4 Å². The Hall–Kier alpha value is -2.55. The Kier molecular flexibility index (Phi) is 9.21. The van der Waals surface area contributed by atoms with E-state index in [0.717, 1.165) is 11.3 Å². The third-order valence-electron chi connectivity index (χ3n) is 5.59. The fraction of sp³-hybridized carbons (Fsp3) is 0.360. The normalized spacial score (nSPS) is 12.0. The van der Waals surface area contributed by atoms with Crippen LogP contribution in [0.2, 0.25) is 10.0 Å². The molecule has 3 rings (SSSR count). The monoisotopic (exact) mass is 533 g/mol. The van der Waals surface area contributed by atoms with Gasteiger partial charge in [0.1, 0.15) is 0 Å². The number of nitrogens with zero attached hydrogens (tertiary/aromatic N) is 3. The highest BCUT2D eigenvalue weighted by Gasteiger charge is 2.27. The topological polar surface area (TPSA) is 88.9 Å². The molecule has 35 heavy (non-hydrogen) atoms. The van der Waals surface area contributed by atoms with E-state index in [9.17, 15) is 9.59 Å². The molecule has 0 spiro atoms. The van der Waals surface area contributed by atoms with Gasteiger partial charge in [-0.3, -0.25) is 9.59 Å². The van der Waals surface area contributed by atoms with Gasteiger partial charge in [-0.05, 0) is 68.1 Å². The van der Waals surface area contributed by atoms with E-state index in [1.165, 1.54) is 23.4 Å². The van der Waals surface area contributed by atoms with Gasteiger partial charge in [-0.15, -0.1) is 10.2 Å². The molecule has 0 fully saturated rings. The second-order valence-corrected chi connectivity index (χ2v) is 10.3. The first-order valence-electron chi connectivity index (χ1n) is 11.3. The minimum absolute atomic E-state index is 0.0328. The summed E-state index contributed by atoms with van der Waals surface area (Å²) in [6.45, 7) is 10.6. The Morgan fingerprint density at radius 2 is 1.80 bits per heavy atom. The smallest absolute Gasteiger partial charge is 0.253 e. The molecule has 0 radical (unpaired) electrons. The van der Waals surface area contributed by atoms with E-state index < -0.39 is 6.04 Å². The number of amides is 2. The van der Waals surface area contributed by atoms with Gasteiger partial charge in [-0.2, -0.15) is 0 Å². The first kappa shape index (κ1) is 27.0. The van der Waals surface area contributed by atoms with Gasteiger partial charge >= 0.3 is 0 Å². The molecule has 0 bridgehead atoms. The fourth-order valence-electron chi connectivity index (χ4n) is 3.50. The molecule has 0 saturated carbocycles. The summed E-state index contributed by atoms with van der Waals surface area (Å²) in [6.07, 6.45) is 0. The maximum absolute atomic E-state index is 13.0. The third kappa shape index (κ3) is 6.78. The highest BCUT2D eigenvalue weighted by molar-refractivity contribution is 7.99. The Morgan fingerprint density at radius 1 is 1.06 bits per heavy atom. The lowest BCUT2D eigenvalue weighted by atomic mass is 10.0. The van der Waals surface area contributed by atoms with Crippen LogP contribution in [0.4, 0.5) is 5.69 Å². The molecule has 2 aromatic carbocycles. The Bertz CT molecular complexity index is 1230. The maximum atomic E-state index is 13.0. The zero-order valence-electron chi connectivity index (χ0n) is 20.4. The number of halogens is 2. The molecule has 0 aliphatic rings. The van der Waals surface area contributed by atoms with Crippen LogP contribution in [0, 0.1) is 19.8 Å². The van der Waals surface area contributed by atoms with Crippen molar-refractivity contribution >= 4 is 52.5 Å². The van der Waals surface area contributed by atoms with Crippen LogP contribution in [0.5, 0.6) is 0 Å². The Balaban J connectivity index is 1.72. The predicted octanol–water partition coefficient (Wildman–Crippen LogP) is 6.08. The van der Waals surface area contributed by atoms with Crippen molar-refractivity contribution in [2.24, 2.45) is 5.92 Å². The van der Waals surface area contributed by atoms with Crippen LogP contribution in [-0.4, -0.2) is 32.3 Å². The van der Waals surface area contributed by atoms with E-state index in [0.29, 0.717) is 28.1 Å². The minimum atomic E-state index is -0.402. The van der Waals surface area contributed by atoms with Gasteiger partial charge in [0.05, 0.1) is 22.4 Å². The molecule has 1 unspecified atom stereocenters. The summed E-state index contributed by atoms with van der Waals surface area (Å²) in [7, 11) is 0. The largest absolute Gasteiger partial charge is 0.342 e. The van der Waals surface area contributed by atoms with E-state index >= 15 is 0 Å². The van der Waals surface area contributed by atoms with Gasteiger partial charge in [0, 0.05) is 17.3 Å². The molecule has 3 aromatic rings. The van der Waals surface area contributed by atoms with Gasteiger partial charge in [-0.1, -0.05) is 54.9 Å². The molecule has 2 N–H and O–H groups in total. The van der Waals surface area contributed by atoms with Crippen molar-refractivity contribution in [1.29, 1.82) is 0 Å². The van der Waals surface area contributed by atoms with Gasteiger partial charge in [0.15, 0.2) is 11.0 Å². The van der Waals surface area contributed by atoms with Crippen molar-refractivity contribution in [3.63, 3.8) is 0 Å². The standard InChI is InChI=1S/C25H29Cl2N5O2S/c1-6-32-23(22(14(2)3)29-24(34)19-10-8-17(26)12-20(19)27)30-31-25(32)35-13-21(33)28-18-9-7-15(4)16(5)11-18/h7-12,14,22H,6,13H2,1-5H3,(H,28,33)(H,29,34). The van der Waals surface area contributed by atoms with Crippen LogP contribution >= 0.6 is 35.0 Å². The quantitative estimate of drug-likeness (QED) is 0.325. The minimum Gasteiger partial charge on any atom is -0.342 e. The molecule has 1 heterocycles. The number of carbonyl (C=O) groups is 2. The summed E-state index contributed by atoms with van der Waals surface area (Å²) in [6, 6.07) is 10.2. The van der Waals surface area contributed by atoms with Crippen LogP contribution in [-0.2, 0) is 11.3 Å². The Labute approximate surface area is 220 Å². The maximum Gasteiger partial charge on any atom is 0.253 e. The van der Waals surface area contributed by atoms with Crippen molar-refractivity contribution < 1.29 is 9.59 Å². The van der Waals surface area contributed by atoms with Gasteiger partial charge in [-0.25, -0.2) is 0 Å². The molecular weight excluding hydrogens is 505 g/mol. The molecular formula is C25H29Cl2N5O2S. The van der Waals surface area contributed by atoms with Crippen molar-refractivity contribution in [2.75, 3.05) is 11.1 Å². The molecule has 0 saturated heterocycles. The van der Waals surface area contributed by atoms with Crippen LogP contribution in [0.3, 0.4) is 0 Å². The lowest BCUT2D eigenvalue weighted by molar-refractivity contribution is -0.113. The number of hydrogen-bond acceptors (Lipinski definition) is 5. The highest BCUT2D eigenvalue weighted by atomic mass is 35.5. The van der Waals surface area contributed by atoms with E-state index in [2.05, 4.69) is 20.8 Å². The number of hydrogen-bond donors (Lipinski definition) is 2. The predicted molar refractivity (Wildman–Crippen MR) is 142 cm³/mol. The van der Waals surface area contributed by atoms with Crippen molar-refractivity contribution in [1.82, 2.24) is 20.1 Å². The second kappa shape index (κ2) is 11.9. The average molecular weight is 535 g/mol. The SMILES string of the molecule is CCn1c(SCC(=O)Nc2ccc(C)c(C)c2)nnc1C(NC(=O)c1ccc(Cl)cc1Cl)C(C)C. The number of thioether (sulfide) groups is 1. The number of nitrogens with one attached hydrogen (secondary N) is 2. The summed E-state index contributed by atoms with van der Waals surface area (Å²) in [4.78, 5) is 25.5. The lowest BCUT2D eigenvalue weighted by Gasteiger charge is -2.22. The summed E-state index contributed by atoms with van der Waals surface area (Å²) in [5.41, 5.74) is 3.39.